The average molecular weight is 294 g/mol. The molecule has 2 rings (SSSR count). The zero-order valence-corrected chi connectivity index (χ0v) is 11.8. The van der Waals surface area contributed by atoms with Gasteiger partial charge in [-0.3, -0.25) is 5.10 Å². The summed E-state index contributed by atoms with van der Waals surface area (Å²) in [6.45, 7) is 6.28. The Balaban J connectivity index is 2.33. The highest BCUT2D eigenvalue weighted by Gasteiger charge is 2.10. The topological polar surface area (TPSA) is 40.7 Å². The standard InChI is InChI=1S/C13H16BrN3/c1-8(2)15-13-9(3)12(16-17-13)10-4-6-11(14)7-5-10/h4-8H,1-3H3,(H2,15,16,17). The summed E-state index contributed by atoms with van der Waals surface area (Å²) in [7, 11) is 0. The summed E-state index contributed by atoms with van der Waals surface area (Å²) in [5, 5.41) is 10.7. The number of aromatic amines is 1. The second-order valence-electron chi connectivity index (χ2n) is 4.38. The molecule has 1 heterocycles. The summed E-state index contributed by atoms with van der Waals surface area (Å²) < 4.78 is 1.08. The van der Waals surface area contributed by atoms with E-state index >= 15 is 0 Å². The number of hydrogen-bond acceptors (Lipinski definition) is 2. The van der Waals surface area contributed by atoms with Crippen molar-refractivity contribution in [3.05, 3.63) is 34.3 Å². The van der Waals surface area contributed by atoms with Crippen molar-refractivity contribution in [1.29, 1.82) is 0 Å². The van der Waals surface area contributed by atoms with Gasteiger partial charge in [0.25, 0.3) is 0 Å². The number of nitrogens with one attached hydrogen (secondary N) is 2. The Labute approximate surface area is 110 Å². The van der Waals surface area contributed by atoms with Gasteiger partial charge in [-0.1, -0.05) is 28.1 Å². The fourth-order valence-electron chi connectivity index (χ4n) is 1.71. The molecule has 0 radical (unpaired) electrons. The highest BCUT2D eigenvalue weighted by Crippen LogP contribution is 2.27. The minimum atomic E-state index is 0.384. The van der Waals surface area contributed by atoms with Gasteiger partial charge in [-0.25, -0.2) is 0 Å². The molecule has 0 amide bonds. The van der Waals surface area contributed by atoms with Crippen molar-refractivity contribution in [1.82, 2.24) is 10.2 Å². The van der Waals surface area contributed by atoms with Crippen LogP contribution in [0.1, 0.15) is 19.4 Å². The van der Waals surface area contributed by atoms with Gasteiger partial charge in [-0.05, 0) is 38.5 Å². The van der Waals surface area contributed by atoms with Crippen molar-refractivity contribution in [3.8, 4) is 11.3 Å². The monoisotopic (exact) mass is 293 g/mol. The molecule has 0 spiro atoms. The van der Waals surface area contributed by atoms with E-state index in [1.165, 1.54) is 0 Å². The molecule has 90 valence electrons. The second kappa shape index (κ2) is 4.92. The number of aromatic nitrogens is 2. The summed E-state index contributed by atoms with van der Waals surface area (Å²) in [5.74, 6) is 0.929. The van der Waals surface area contributed by atoms with E-state index in [4.69, 9.17) is 0 Å². The normalized spacial score (nSPS) is 10.9. The van der Waals surface area contributed by atoms with Crippen molar-refractivity contribution < 1.29 is 0 Å². The van der Waals surface area contributed by atoms with Crippen molar-refractivity contribution in [3.63, 3.8) is 0 Å². The first-order chi connectivity index (χ1) is 8.08. The average Bonchev–Trinajstić information content (AvgIpc) is 2.61. The maximum Gasteiger partial charge on any atom is 0.151 e. The van der Waals surface area contributed by atoms with E-state index in [2.05, 4.69) is 64.3 Å². The van der Waals surface area contributed by atoms with Crippen LogP contribution in [0, 0.1) is 6.92 Å². The Morgan fingerprint density at radius 3 is 2.47 bits per heavy atom. The lowest BCUT2D eigenvalue weighted by atomic mass is 10.1. The molecule has 0 aliphatic carbocycles. The summed E-state index contributed by atoms with van der Waals surface area (Å²) in [6, 6.07) is 8.60. The maximum absolute atomic E-state index is 4.31. The molecule has 0 bridgehead atoms. The van der Waals surface area contributed by atoms with Crippen molar-refractivity contribution in [2.24, 2.45) is 0 Å². The number of H-pyrrole nitrogens is 1. The molecule has 3 nitrogen and oxygen atoms in total. The minimum Gasteiger partial charge on any atom is -0.366 e. The van der Waals surface area contributed by atoms with E-state index in [1.807, 2.05) is 12.1 Å². The van der Waals surface area contributed by atoms with Crippen LogP contribution in [0.15, 0.2) is 28.7 Å². The predicted molar refractivity (Wildman–Crippen MR) is 75.2 cm³/mol. The molecule has 0 saturated carbocycles. The van der Waals surface area contributed by atoms with Crippen LogP contribution in [0.4, 0.5) is 5.82 Å². The number of hydrogen-bond donors (Lipinski definition) is 2. The molecule has 0 aliphatic heterocycles. The lowest BCUT2D eigenvalue weighted by Gasteiger charge is -2.07. The van der Waals surface area contributed by atoms with E-state index in [1.54, 1.807) is 0 Å². The summed E-state index contributed by atoms with van der Waals surface area (Å²) >= 11 is 3.44. The van der Waals surface area contributed by atoms with E-state index < -0.39 is 0 Å². The Morgan fingerprint density at radius 1 is 1.24 bits per heavy atom. The number of rotatable bonds is 3. The first-order valence-corrected chi connectivity index (χ1v) is 6.44. The lowest BCUT2D eigenvalue weighted by molar-refractivity contribution is 0.882. The first-order valence-electron chi connectivity index (χ1n) is 5.65. The van der Waals surface area contributed by atoms with Crippen LogP contribution in [0.25, 0.3) is 11.3 Å². The largest absolute Gasteiger partial charge is 0.366 e. The lowest BCUT2D eigenvalue weighted by Crippen LogP contribution is -2.10. The van der Waals surface area contributed by atoms with E-state index in [9.17, 15) is 0 Å². The summed E-state index contributed by atoms with van der Waals surface area (Å²) in [5.41, 5.74) is 3.37. The minimum absolute atomic E-state index is 0.384. The van der Waals surface area contributed by atoms with Gasteiger partial charge in [0, 0.05) is 16.1 Å². The third kappa shape index (κ3) is 2.69. The van der Waals surface area contributed by atoms with Crippen LogP contribution < -0.4 is 5.32 Å². The molecule has 2 aromatic rings. The van der Waals surface area contributed by atoms with Crippen LogP contribution in [-0.2, 0) is 0 Å². The molecule has 2 N–H and O–H groups in total. The van der Waals surface area contributed by atoms with Gasteiger partial charge < -0.3 is 5.32 Å². The highest BCUT2D eigenvalue weighted by molar-refractivity contribution is 9.10. The van der Waals surface area contributed by atoms with E-state index in [0.29, 0.717) is 6.04 Å². The smallest absolute Gasteiger partial charge is 0.151 e. The highest BCUT2D eigenvalue weighted by atomic mass is 79.9. The Morgan fingerprint density at radius 2 is 1.88 bits per heavy atom. The zero-order chi connectivity index (χ0) is 12.4. The van der Waals surface area contributed by atoms with Gasteiger partial charge in [0.15, 0.2) is 5.82 Å². The molecule has 1 aromatic heterocycles. The molecular weight excluding hydrogens is 278 g/mol. The number of anilines is 1. The predicted octanol–water partition coefficient (Wildman–Crippen LogP) is 3.97. The second-order valence-corrected chi connectivity index (χ2v) is 5.29. The SMILES string of the molecule is Cc1c(NC(C)C)n[nH]c1-c1ccc(Br)cc1. The molecule has 4 heteroatoms. The summed E-state index contributed by atoms with van der Waals surface area (Å²) in [4.78, 5) is 0. The first kappa shape index (κ1) is 12.2. The van der Waals surface area contributed by atoms with E-state index in [-0.39, 0.29) is 0 Å². The Hall–Kier alpha value is -1.29. The maximum atomic E-state index is 4.31. The Kier molecular flexibility index (Phi) is 3.52. The molecular formula is C13H16BrN3. The molecule has 0 saturated heterocycles. The van der Waals surface area contributed by atoms with Crippen molar-refractivity contribution in [2.45, 2.75) is 26.8 Å². The van der Waals surface area contributed by atoms with Gasteiger partial charge >= 0.3 is 0 Å². The third-order valence-electron chi connectivity index (χ3n) is 2.57. The van der Waals surface area contributed by atoms with Gasteiger partial charge in [-0.15, -0.1) is 0 Å². The van der Waals surface area contributed by atoms with Gasteiger partial charge in [0.2, 0.25) is 0 Å². The van der Waals surface area contributed by atoms with Crippen molar-refractivity contribution >= 4 is 21.7 Å². The number of halogens is 1. The molecule has 17 heavy (non-hydrogen) atoms. The third-order valence-corrected chi connectivity index (χ3v) is 3.10. The molecule has 0 unspecified atom stereocenters. The number of nitrogens with zero attached hydrogens (tertiary/aromatic N) is 1. The number of benzene rings is 1. The fourth-order valence-corrected chi connectivity index (χ4v) is 1.97. The van der Waals surface area contributed by atoms with Crippen molar-refractivity contribution in [2.75, 3.05) is 5.32 Å². The molecule has 0 atom stereocenters. The van der Waals surface area contributed by atoms with Crippen LogP contribution in [0.3, 0.4) is 0 Å². The quantitative estimate of drug-likeness (QED) is 0.899. The summed E-state index contributed by atoms with van der Waals surface area (Å²) in [6.07, 6.45) is 0. The van der Waals surface area contributed by atoms with Gasteiger partial charge in [-0.2, -0.15) is 5.10 Å². The van der Waals surface area contributed by atoms with Gasteiger partial charge in [0.05, 0.1) is 5.69 Å². The van der Waals surface area contributed by atoms with Crippen LogP contribution in [0.2, 0.25) is 0 Å². The van der Waals surface area contributed by atoms with Crippen LogP contribution in [0.5, 0.6) is 0 Å². The van der Waals surface area contributed by atoms with E-state index in [0.717, 1.165) is 27.1 Å². The van der Waals surface area contributed by atoms with Gasteiger partial charge in [0.1, 0.15) is 0 Å². The molecule has 0 fully saturated rings. The molecule has 0 aliphatic rings. The Bertz CT molecular complexity index is 500. The van der Waals surface area contributed by atoms with Crippen LogP contribution in [-0.4, -0.2) is 16.2 Å². The molecule has 1 aromatic carbocycles. The fraction of sp³-hybridized carbons (Fsp3) is 0.308. The van der Waals surface area contributed by atoms with Crippen LogP contribution >= 0.6 is 15.9 Å². The zero-order valence-electron chi connectivity index (χ0n) is 10.2.